The molecule has 0 saturated carbocycles. The second kappa shape index (κ2) is 19.6. The van der Waals surface area contributed by atoms with Gasteiger partial charge in [0.25, 0.3) is 0 Å². The standard InChI is InChI=1S/C23H39N7O3/c1-6-8-13-27-21(31)17-18(3)10-9-14-29-23(32)19(11-12-20(24)30-26-5)22(25-4)28-15-16-33-7-2/h6,8-14,19,21-22,26,28,31H,4,7,15-17H2,1-3,5H3,(H2,24,30)(H,29,32)/b8-6+,12-11+,14-9+,18-10+,27-13+. The highest BCUT2D eigenvalue weighted by Crippen LogP contribution is 2.09. The molecule has 0 spiro atoms. The predicted molar refractivity (Wildman–Crippen MR) is 136 cm³/mol. The number of nitrogens with zero attached hydrogens (tertiary/aromatic N) is 3. The van der Waals surface area contributed by atoms with Crippen molar-refractivity contribution in [2.75, 3.05) is 26.8 Å². The summed E-state index contributed by atoms with van der Waals surface area (Å²) in [5.41, 5.74) is 9.27. The van der Waals surface area contributed by atoms with E-state index in [1.807, 2.05) is 26.8 Å². The average molecular weight is 462 g/mol. The van der Waals surface area contributed by atoms with E-state index in [0.717, 1.165) is 5.57 Å². The molecule has 3 unspecified atom stereocenters. The average Bonchev–Trinajstić information content (AvgIpc) is 2.78. The number of amidine groups is 1. The number of hydrogen-bond donors (Lipinski definition) is 5. The van der Waals surface area contributed by atoms with Crippen molar-refractivity contribution in [2.45, 2.75) is 39.6 Å². The number of aliphatic hydroxyl groups excluding tert-OH is 1. The van der Waals surface area contributed by atoms with Crippen molar-refractivity contribution >= 4 is 24.7 Å². The Bertz CT molecular complexity index is 742. The Kier molecular flexibility index (Phi) is 17.8. The van der Waals surface area contributed by atoms with E-state index >= 15 is 0 Å². The Morgan fingerprint density at radius 2 is 2.09 bits per heavy atom. The van der Waals surface area contributed by atoms with E-state index in [1.165, 1.54) is 12.3 Å². The first-order valence-corrected chi connectivity index (χ1v) is 10.8. The van der Waals surface area contributed by atoms with Crippen molar-refractivity contribution in [2.24, 2.45) is 26.7 Å². The van der Waals surface area contributed by atoms with Crippen LogP contribution in [0.1, 0.15) is 27.2 Å². The van der Waals surface area contributed by atoms with E-state index in [9.17, 15) is 9.90 Å². The monoisotopic (exact) mass is 461 g/mol. The molecule has 10 heteroatoms. The number of hydrazone groups is 1. The van der Waals surface area contributed by atoms with Gasteiger partial charge >= 0.3 is 0 Å². The maximum absolute atomic E-state index is 12.8. The second-order valence-corrected chi connectivity index (χ2v) is 6.81. The van der Waals surface area contributed by atoms with Gasteiger partial charge in [-0.2, -0.15) is 5.10 Å². The summed E-state index contributed by atoms with van der Waals surface area (Å²) in [6.45, 7) is 10.8. The molecule has 0 heterocycles. The Morgan fingerprint density at radius 3 is 2.73 bits per heavy atom. The van der Waals surface area contributed by atoms with Crippen molar-refractivity contribution in [1.82, 2.24) is 16.1 Å². The highest BCUT2D eigenvalue weighted by Gasteiger charge is 2.24. The quantitative estimate of drug-likeness (QED) is 0.0724. The van der Waals surface area contributed by atoms with E-state index in [0.29, 0.717) is 26.2 Å². The van der Waals surface area contributed by atoms with Crippen LogP contribution in [-0.4, -0.2) is 69.0 Å². The number of amides is 1. The van der Waals surface area contributed by atoms with Gasteiger partial charge in [-0.25, -0.2) is 0 Å². The number of nitrogens with two attached hydrogens (primary N) is 1. The van der Waals surface area contributed by atoms with Gasteiger partial charge in [0.05, 0.1) is 12.5 Å². The van der Waals surface area contributed by atoms with E-state index in [1.54, 1.807) is 37.6 Å². The molecule has 0 rings (SSSR count). The number of carbonyl (C=O) groups excluding carboxylic acids is 1. The summed E-state index contributed by atoms with van der Waals surface area (Å²) in [5, 5.41) is 19.6. The molecule has 0 aromatic rings. The fourth-order valence-electron chi connectivity index (χ4n) is 2.52. The zero-order valence-corrected chi connectivity index (χ0v) is 20.1. The Morgan fingerprint density at radius 1 is 1.33 bits per heavy atom. The van der Waals surface area contributed by atoms with E-state index in [-0.39, 0.29) is 11.7 Å². The highest BCUT2D eigenvalue weighted by molar-refractivity contribution is 5.92. The molecule has 0 aliphatic heterocycles. The summed E-state index contributed by atoms with van der Waals surface area (Å²) in [6, 6.07) is 0. The van der Waals surface area contributed by atoms with Crippen LogP contribution in [0.25, 0.3) is 0 Å². The zero-order valence-electron chi connectivity index (χ0n) is 20.1. The molecular weight excluding hydrogens is 422 g/mol. The second-order valence-electron chi connectivity index (χ2n) is 6.81. The van der Waals surface area contributed by atoms with Crippen LogP contribution < -0.4 is 21.8 Å². The molecule has 0 saturated heterocycles. The highest BCUT2D eigenvalue weighted by atomic mass is 16.5. The SMILES string of the molecule is C=NC(NCCOCC)C(/C=C/C(N)=N/NC)C(=O)N/C=C/C=C(\C)CC(O)/N=C/C=C/C. The summed E-state index contributed by atoms with van der Waals surface area (Å²) in [7, 11) is 1.63. The third-order valence-electron chi connectivity index (χ3n) is 4.10. The number of carbonyl (C=O) groups is 1. The molecule has 184 valence electrons. The first kappa shape index (κ1) is 29.9. The van der Waals surface area contributed by atoms with Gasteiger partial charge in [-0.15, -0.1) is 0 Å². The maximum Gasteiger partial charge on any atom is 0.234 e. The third kappa shape index (κ3) is 15.4. The van der Waals surface area contributed by atoms with Crippen LogP contribution in [0.15, 0.2) is 63.3 Å². The molecule has 33 heavy (non-hydrogen) atoms. The van der Waals surface area contributed by atoms with E-state index in [2.05, 4.69) is 37.9 Å². The van der Waals surface area contributed by atoms with Crippen molar-refractivity contribution in [1.29, 1.82) is 0 Å². The Balaban J connectivity index is 5.15. The first-order valence-electron chi connectivity index (χ1n) is 10.8. The van der Waals surface area contributed by atoms with Gasteiger partial charge in [0.15, 0.2) is 0 Å². The fraction of sp³-hybridized carbons (Fsp3) is 0.478. The lowest BCUT2D eigenvalue weighted by atomic mass is 10.0. The molecule has 0 aliphatic carbocycles. The molecule has 0 aromatic carbocycles. The number of aliphatic imine (C=N–C) groups is 2. The van der Waals surface area contributed by atoms with Crippen LogP contribution in [-0.2, 0) is 9.53 Å². The lowest BCUT2D eigenvalue weighted by molar-refractivity contribution is -0.123. The van der Waals surface area contributed by atoms with Crippen molar-refractivity contribution < 1.29 is 14.6 Å². The number of nitrogens with one attached hydrogen (secondary N) is 3. The minimum Gasteiger partial charge on any atom is -0.382 e. The number of hydrogen-bond acceptors (Lipinski definition) is 8. The Hall–Kier alpha value is -3.08. The molecule has 0 radical (unpaired) electrons. The lowest BCUT2D eigenvalue weighted by Crippen LogP contribution is -2.42. The summed E-state index contributed by atoms with van der Waals surface area (Å²) in [5.74, 6) is -0.771. The van der Waals surface area contributed by atoms with Gasteiger partial charge in [-0.3, -0.25) is 20.1 Å². The summed E-state index contributed by atoms with van der Waals surface area (Å²) in [4.78, 5) is 20.9. The summed E-state index contributed by atoms with van der Waals surface area (Å²) >= 11 is 0. The van der Waals surface area contributed by atoms with Crippen LogP contribution in [0.4, 0.5) is 0 Å². The minimum absolute atomic E-state index is 0.220. The lowest BCUT2D eigenvalue weighted by Gasteiger charge is -2.21. The molecular formula is C23H39N7O3. The predicted octanol–water partition coefficient (Wildman–Crippen LogP) is 1.23. The van der Waals surface area contributed by atoms with Crippen molar-refractivity contribution in [3.63, 3.8) is 0 Å². The van der Waals surface area contributed by atoms with Crippen LogP contribution in [0.5, 0.6) is 0 Å². The van der Waals surface area contributed by atoms with Crippen molar-refractivity contribution in [3.05, 3.63) is 48.2 Å². The van der Waals surface area contributed by atoms with Crippen LogP contribution >= 0.6 is 0 Å². The van der Waals surface area contributed by atoms with Crippen LogP contribution in [0.3, 0.4) is 0 Å². The van der Waals surface area contributed by atoms with Gasteiger partial charge in [0, 0.05) is 39.0 Å². The van der Waals surface area contributed by atoms with E-state index in [4.69, 9.17) is 10.5 Å². The smallest absolute Gasteiger partial charge is 0.234 e. The topological polar surface area (TPSA) is 146 Å². The Labute approximate surface area is 197 Å². The molecule has 3 atom stereocenters. The van der Waals surface area contributed by atoms with Gasteiger partial charge < -0.3 is 26.3 Å². The molecule has 10 nitrogen and oxygen atoms in total. The molecule has 1 amide bonds. The molecule has 0 fully saturated rings. The molecule has 0 aromatic heterocycles. The normalized spacial score (nSPS) is 16.0. The maximum atomic E-state index is 12.8. The zero-order chi connectivity index (χ0) is 24.9. The number of aliphatic hydroxyl groups is 1. The van der Waals surface area contributed by atoms with Crippen LogP contribution in [0, 0.1) is 5.92 Å². The van der Waals surface area contributed by atoms with Crippen LogP contribution in [0.2, 0.25) is 0 Å². The number of allylic oxidation sites excluding steroid dienone is 4. The third-order valence-corrected chi connectivity index (χ3v) is 4.10. The first-order chi connectivity index (χ1) is 15.9. The largest absolute Gasteiger partial charge is 0.382 e. The molecule has 0 bridgehead atoms. The minimum atomic E-state index is -0.818. The fourth-order valence-corrected chi connectivity index (χ4v) is 2.52. The number of ether oxygens (including phenoxy) is 1. The number of rotatable bonds is 17. The van der Waals surface area contributed by atoms with E-state index < -0.39 is 18.3 Å². The summed E-state index contributed by atoms with van der Waals surface area (Å²) in [6.07, 6.45) is 12.3. The van der Waals surface area contributed by atoms with Gasteiger partial charge in [0.1, 0.15) is 18.2 Å². The van der Waals surface area contributed by atoms with Crippen molar-refractivity contribution in [3.8, 4) is 0 Å². The molecule has 6 N–H and O–H groups in total. The van der Waals surface area contributed by atoms with Gasteiger partial charge in [-0.05, 0) is 45.7 Å². The van der Waals surface area contributed by atoms with Gasteiger partial charge in [0.2, 0.25) is 5.91 Å². The summed E-state index contributed by atoms with van der Waals surface area (Å²) < 4.78 is 5.32. The molecule has 0 aliphatic rings. The van der Waals surface area contributed by atoms with Gasteiger partial charge in [-0.1, -0.05) is 23.8 Å².